The Bertz CT molecular complexity index is 941. The molecule has 3 aliphatic heterocycles. The third-order valence-corrected chi connectivity index (χ3v) is 7.59. The third-order valence-electron chi connectivity index (χ3n) is 7.59. The van der Waals surface area contributed by atoms with Crippen molar-refractivity contribution in [2.45, 2.75) is 31.8 Å². The van der Waals surface area contributed by atoms with Gasteiger partial charge < -0.3 is 9.80 Å². The Labute approximate surface area is 183 Å². The SMILES string of the molecule is CCN1C(=O)[C@@H]2CN(Cc3cccnc3)C[C@@H]2C12CCN(C(=O)c1ccccc1)CC2. The van der Waals surface area contributed by atoms with Crippen LogP contribution in [0.2, 0.25) is 0 Å². The Morgan fingerprint density at radius 3 is 2.55 bits per heavy atom. The highest BCUT2D eigenvalue weighted by Crippen LogP contribution is 2.49. The van der Waals surface area contributed by atoms with Crippen LogP contribution >= 0.6 is 0 Å². The van der Waals surface area contributed by atoms with E-state index in [1.54, 1.807) is 6.20 Å². The molecule has 2 atom stereocenters. The fourth-order valence-corrected chi connectivity index (χ4v) is 6.15. The standard InChI is InChI=1S/C25H30N4O2/c1-2-29-24(31)21-17-27(16-19-7-6-12-26-15-19)18-22(21)25(29)10-13-28(14-11-25)23(30)20-8-4-3-5-9-20/h3-9,12,15,21-22H,2,10-11,13-14,16-18H2,1H3/t21-,22+/m1/s1. The van der Waals surface area contributed by atoms with Crippen LogP contribution in [0.1, 0.15) is 35.7 Å². The number of pyridine rings is 1. The summed E-state index contributed by atoms with van der Waals surface area (Å²) in [4.78, 5) is 37.0. The highest BCUT2D eigenvalue weighted by atomic mass is 16.2. The fraction of sp³-hybridized carbons (Fsp3) is 0.480. The lowest BCUT2D eigenvalue weighted by molar-refractivity contribution is -0.135. The summed E-state index contributed by atoms with van der Waals surface area (Å²) >= 11 is 0. The Morgan fingerprint density at radius 2 is 1.87 bits per heavy atom. The Hall–Kier alpha value is -2.73. The van der Waals surface area contributed by atoms with Gasteiger partial charge in [-0.15, -0.1) is 0 Å². The van der Waals surface area contributed by atoms with E-state index in [2.05, 4.69) is 27.8 Å². The maximum atomic E-state index is 13.3. The van der Waals surface area contributed by atoms with Crippen LogP contribution in [0.15, 0.2) is 54.9 Å². The van der Waals surface area contributed by atoms with Crippen LogP contribution in [0.4, 0.5) is 0 Å². The number of hydrogen-bond acceptors (Lipinski definition) is 4. The van der Waals surface area contributed by atoms with Crippen molar-refractivity contribution in [3.8, 4) is 0 Å². The molecule has 0 radical (unpaired) electrons. The molecule has 6 nitrogen and oxygen atoms in total. The molecule has 1 spiro atoms. The summed E-state index contributed by atoms with van der Waals surface area (Å²) in [6.45, 7) is 6.87. The molecule has 0 aliphatic carbocycles. The van der Waals surface area contributed by atoms with Crippen LogP contribution in [0.5, 0.6) is 0 Å². The second-order valence-electron chi connectivity index (χ2n) is 9.11. The molecule has 2 aromatic rings. The first-order valence-corrected chi connectivity index (χ1v) is 11.4. The largest absolute Gasteiger partial charge is 0.338 e. The second kappa shape index (κ2) is 8.08. The lowest BCUT2D eigenvalue weighted by atomic mass is 9.74. The van der Waals surface area contributed by atoms with Gasteiger partial charge in [0.15, 0.2) is 0 Å². The molecule has 5 rings (SSSR count). The summed E-state index contributed by atoms with van der Waals surface area (Å²) in [5.41, 5.74) is 1.82. The normalized spacial score (nSPS) is 25.3. The second-order valence-corrected chi connectivity index (χ2v) is 9.11. The number of benzene rings is 1. The van der Waals surface area contributed by atoms with E-state index in [1.807, 2.05) is 47.5 Å². The summed E-state index contributed by atoms with van der Waals surface area (Å²) in [7, 11) is 0. The number of amides is 2. The van der Waals surface area contributed by atoms with E-state index in [1.165, 1.54) is 5.56 Å². The van der Waals surface area contributed by atoms with E-state index in [-0.39, 0.29) is 17.4 Å². The molecular formula is C25H30N4O2. The van der Waals surface area contributed by atoms with Crippen molar-refractivity contribution >= 4 is 11.8 Å². The maximum Gasteiger partial charge on any atom is 0.253 e. The first-order valence-electron chi connectivity index (χ1n) is 11.4. The Balaban J connectivity index is 1.32. The number of rotatable bonds is 4. The molecule has 0 N–H and O–H groups in total. The number of likely N-dealkylation sites (tertiary alicyclic amines) is 3. The fourth-order valence-electron chi connectivity index (χ4n) is 6.15. The van der Waals surface area contributed by atoms with E-state index in [0.717, 1.165) is 44.6 Å². The number of carbonyl (C=O) groups is 2. The number of piperidine rings is 1. The van der Waals surface area contributed by atoms with Crippen molar-refractivity contribution in [3.05, 3.63) is 66.0 Å². The minimum atomic E-state index is -0.117. The number of carbonyl (C=O) groups excluding carboxylic acids is 2. The van der Waals surface area contributed by atoms with Gasteiger partial charge in [-0.3, -0.25) is 19.5 Å². The number of hydrogen-bond donors (Lipinski definition) is 0. The average molecular weight is 419 g/mol. The van der Waals surface area contributed by atoms with E-state index in [0.29, 0.717) is 24.9 Å². The molecule has 6 heteroatoms. The van der Waals surface area contributed by atoms with Gasteiger partial charge in [-0.25, -0.2) is 0 Å². The smallest absolute Gasteiger partial charge is 0.253 e. The van der Waals surface area contributed by atoms with Crippen LogP contribution < -0.4 is 0 Å². The van der Waals surface area contributed by atoms with Gasteiger partial charge in [0, 0.05) is 63.1 Å². The zero-order valence-electron chi connectivity index (χ0n) is 18.1. The quantitative estimate of drug-likeness (QED) is 0.766. The molecular weight excluding hydrogens is 388 g/mol. The van der Waals surface area contributed by atoms with Gasteiger partial charge in [-0.2, -0.15) is 0 Å². The van der Waals surface area contributed by atoms with Crippen molar-refractivity contribution in [1.82, 2.24) is 19.7 Å². The molecule has 3 aliphatic rings. The van der Waals surface area contributed by atoms with Gasteiger partial charge in [-0.1, -0.05) is 24.3 Å². The van der Waals surface area contributed by atoms with Gasteiger partial charge in [0.1, 0.15) is 0 Å². The Morgan fingerprint density at radius 1 is 1.10 bits per heavy atom. The summed E-state index contributed by atoms with van der Waals surface area (Å²) in [6, 6.07) is 13.6. The maximum absolute atomic E-state index is 13.3. The highest BCUT2D eigenvalue weighted by molar-refractivity contribution is 5.94. The molecule has 1 aromatic heterocycles. The van der Waals surface area contributed by atoms with Gasteiger partial charge >= 0.3 is 0 Å². The minimum absolute atomic E-state index is 0.0768. The first kappa shape index (κ1) is 20.2. The van der Waals surface area contributed by atoms with Crippen molar-refractivity contribution < 1.29 is 9.59 Å². The average Bonchev–Trinajstić information content (AvgIpc) is 3.32. The van der Waals surface area contributed by atoms with Crippen molar-refractivity contribution in [2.24, 2.45) is 11.8 Å². The van der Waals surface area contributed by atoms with Crippen molar-refractivity contribution in [1.29, 1.82) is 0 Å². The van der Waals surface area contributed by atoms with Crippen LogP contribution in [0, 0.1) is 11.8 Å². The predicted molar refractivity (Wildman–Crippen MR) is 118 cm³/mol. The zero-order chi connectivity index (χ0) is 21.4. The van der Waals surface area contributed by atoms with Gasteiger partial charge in [-0.05, 0) is 43.5 Å². The highest BCUT2D eigenvalue weighted by Gasteiger charge is 2.61. The minimum Gasteiger partial charge on any atom is -0.338 e. The van der Waals surface area contributed by atoms with E-state index in [9.17, 15) is 9.59 Å². The van der Waals surface area contributed by atoms with Crippen molar-refractivity contribution in [2.75, 3.05) is 32.7 Å². The van der Waals surface area contributed by atoms with Crippen LogP contribution in [0.25, 0.3) is 0 Å². The molecule has 4 heterocycles. The van der Waals surface area contributed by atoms with Crippen molar-refractivity contribution in [3.63, 3.8) is 0 Å². The molecule has 0 unspecified atom stereocenters. The van der Waals surface area contributed by atoms with Crippen LogP contribution in [-0.4, -0.2) is 69.8 Å². The monoisotopic (exact) mass is 418 g/mol. The molecule has 31 heavy (non-hydrogen) atoms. The third kappa shape index (κ3) is 3.43. The first-order chi connectivity index (χ1) is 15.1. The number of fused-ring (bicyclic) bond motifs is 2. The van der Waals surface area contributed by atoms with Crippen LogP contribution in [0.3, 0.4) is 0 Å². The topological polar surface area (TPSA) is 56.8 Å². The molecule has 3 fully saturated rings. The molecule has 0 bridgehead atoms. The van der Waals surface area contributed by atoms with E-state index < -0.39 is 0 Å². The Kier molecular flexibility index (Phi) is 5.26. The molecule has 2 amide bonds. The van der Waals surface area contributed by atoms with E-state index in [4.69, 9.17) is 0 Å². The summed E-state index contributed by atoms with van der Waals surface area (Å²) in [5, 5.41) is 0. The summed E-state index contributed by atoms with van der Waals surface area (Å²) < 4.78 is 0. The van der Waals surface area contributed by atoms with Gasteiger partial charge in [0.25, 0.3) is 5.91 Å². The van der Waals surface area contributed by atoms with Gasteiger partial charge in [0.05, 0.1) is 11.5 Å². The molecule has 0 saturated carbocycles. The zero-order valence-corrected chi connectivity index (χ0v) is 18.1. The predicted octanol–water partition coefficient (Wildman–Crippen LogP) is 2.67. The number of aromatic nitrogens is 1. The summed E-state index contributed by atoms with van der Waals surface area (Å²) in [6.07, 6.45) is 5.45. The summed E-state index contributed by atoms with van der Waals surface area (Å²) in [5.74, 6) is 0.826. The van der Waals surface area contributed by atoms with Crippen LogP contribution in [-0.2, 0) is 11.3 Å². The molecule has 1 aromatic carbocycles. The molecule has 162 valence electrons. The van der Waals surface area contributed by atoms with E-state index >= 15 is 0 Å². The van der Waals surface area contributed by atoms with Gasteiger partial charge in [0.2, 0.25) is 5.91 Å². The lowest BCUT2D eigenvalue weighted by Crippen LogP contribution is -2.57. The number of nitrogens with zero attached hydrogens (tertiary/aromatic N) is 4. The molecule has 3 saturated heterocycles. The lowest BCUT2D eigenvalue weighted by Gasteiger charge is -2.47.